The van der Waals surface area contributed by atoms with Crippen molar-refractivity contribution < 1.29 is 29.4 Å². The highest BCUT2D eigenvalue weighted by Gasteiger charge is 2.65. The lowest BCUT2D eigenvalue weighted by Crippen LogP contribution is -2.57. The van der Waals surface area contributed by atoms with Gasteiger partial charge in [0.1, 0.15) is 12.1 Å². The number of ketones is 1. The summed E-state index contributed by atoms with van der Waals surface area (Å²) in [4.78, 5) is 39.7. The van der Waals surface area contributed by atoms with E-state index in [1.807, 2.05) is 0 Å². The Morgan fingerprint density at radius 3 is 2.55 bits per heavy atom. The lowest BCUT2D eigenvalue weighted by Gasteiger charge is -2.59. The van der Waals surface area contributed by atoms with E-state index in [-0.39, 0.29) is 23.2 Å². The van der Waals surface area contributed by atoms with E-state index in [9.17, 15) is 19.5 Å². The third-order valence-corrected chi connectivity index (χ3v) is 9.53. The van der Waals surface area contributed by atoms with Crippen LogP contribution in [0.5, 0.6) is 0 Å². The lowest BCUT2D eigenvalue weighted by atomic mass is 9.46. The van der Waals surface area contributed by atoms with Crippen LogP contribution in [0.2, 0.25) is 0 Å². The molecule has 8 nitrogen and oxygen atoms in total. The molecule has 3 fully saturated rings. The van der Waals surface area contributed by atoms with E-state index in [2.05, 4.69) is 30.4 Å². The summed E-state index contributed by atoms with van der Waals surface area (Å²) in [6.07, 6.45) is 9.30. The Balaban J connectivity index is 1.45. The molecule has 3 N–H and O–H groups in total. The largest absolute Gasteiger partial charge is 0.480 e. The number of carbonyl (C=O) groups excluding carboxylic acids is 2. The molecule has 0 spiro atoms. The number of carbonyl (C=O) groups is 3. The van der Waals surface area contributed by atoms with Gasteiger partial charge in [-0.15, -0.1) is 0 Å². The van der Waals surface area contributed by atoms with Crippen molar-refractivity contribution in [3.63, 3.8) is 0 Å². The molecule has 1 amide bonds. The van der Waals surface area contributed by atoms with Gasteiger partial charge in [0.2, 0.25) is 0 Å². The van der Waals surface area contributed by atoms with E-state index < -0.39 is 24.0 Å². The molecule has 0 saturated heterocycles. The number of hydrogen-bond acceptors (Lipinski definition) is 6. The Labute approximate surface area is 194 Å². The number of rotatable bonds is 6. The minimum absolute atomic E-state index is 0.0799. The van der Waals surface area contributed by atoms with Gasteiger partial charge in [-0.1, -0.05) is 24.6 Å². The molecule has 0 aromatic carbocycles. The number of carboxylic acids is 1. The Morgan fingerprint density at radius 2 is 1.85 bits per heavy atom. The van der Waals surface area contributed by atoms with E-state index in [0.29, 0.717) is 24.2 Å². The average molecular weight is 461 g/mol. The van der Waals surface area contributed by atoms with Gasteiger partial charge >= 0.3 is 5.97 Å². The van der Waals surface area contributed by atoms with Crippen molar-refractivity contribution in [3.8, 4) is 0 Å². The maximum Gasteiger partial charge on any atom is 0.322 e. The van der Waals surface area contributed by atoms with Crippen LogP contribution in [0.4, 0.5) is 0 Å². The highest BCUT2D eigenvalue weighted by atomic mass is 16.6. The summed E-state index contributed by atoms with van der Waals surface area (Å²) in [6.45, 7) is 5.31. The summed E-state index contributed by atoms with van der Waals surface area (Å²) in [5.74, 6) is -0.257. The number of hydrogen-bond donors (Lipinski definition) is 3. The topological polar surface area (TPSA) is 125 Å². The Kier molecular flexibility index (Phi) is 6.18. The van der Waals surface area contributed by atoms with E-state index in [4.69, 9.17) is 9.94 Å². The van der Waals surface area contributed by atoms with Gasteiger partial charge in [0.15, 0.2) is 12.4 Å². The van der Waals surface area contributed by atoms with E-state index in [1.165, 1.54) is 5.57 Å². The molecule has 0 aromatic heterocycles. The molecule has 4 aliphatic carbocycles. The van der Waals surface area contributed by atoms with Crippen molar-refractivity contribution in [3.05, 3.63) is 11.6 Å². The number of nitrogens with one attached hydrogen (secondary N) is 1. The summed E-state index contributed by atoms with van der Waals surface area (Å²) in [6, 6.07) is 0. The molecule has 33 heavy (non-hydrogen) atoms. The lowest BCUT2D eigenvalue weighted by molar-refractivity contribution is -0.159. The van der Waals surface area contributed by atoms with Gasteiger partial charge in [-0.05, 0) is 87.5 Å². The molecule has 4 rings (SSSR count). The number of aliphatic hydroxyl groups is 1. The number of nitrogens with zero attached hydrogens (tertiary/aromatic N) is 1. The van der Waals surface area contributed by atoms with Gasteiger partial charge in [-0.25, -0.2) is 0 Å². The van der Waals surface area contributed by atoms with E-state index >= 15 is 0 Å². The van der Waals surface area contributed by atoms with Crippen LogP contribution in [0.1, 0.15) is 72.1 Å². The fraction of sp³-hybridized carbons (Fsp3) is 0.760. The molecule has 0 bridgehead atoms. The quantitative estimate of drug-likeness (QED) is 0.524. The van der Waals surface area contributed by atoms with Crippen molar-refractivity contribution in [2.75, 3.05) is 13.2 Å². The van der Waals surface area contributed by atoms with Crippen LogP contribution >= 0.6 is 0 Å². The van der Waals surface area contributed by atoms with Crippen LogP contribution < -0.4 is 5.32 Å². The summed E-state index contributed by atoms with van der Waals surface area (Å²) in [5, 5.41) is 26.3. The van der Waals surface area contributed by atoms with Crippen molar-refractivity contribution in [2.24, 2.45) is 33.7 Å². The molecular weight excluding hydrogens is 424 g/mol. The third kappa shape index (κ3) is 3.90. The average Bonchev–Trinajstić information content (AvgIpc) is 3.04. The fourth-order valence-corrected chi connectivity index (χ4v) is 7.64. The van der Waals surface area contributed by atoms with Gasteiger partial charge < -0.3 is 20.4 Å². The first-order valence-corrected chi connectivity index (χ1v) is 12.1. The highest BCUT2D eigenvalue weighted by Crippen LogP contribution is 2.67. The summed E-state index contributed by atoms with van der Waals surface area (Å²) < 4.78 is 0. The van der Waals surface area contributed by atoms with Gasteiger partial charge in [0.05, 0.1) is 5.71 Å². The minimum atomic E-state index is -1.18. The van der Waals surface area contributed by atoms with Crippen LogP contribution in [0.15, 0.2) is 16.8 Å². The van der Waals surface area contributed by atoms with E-state index in [1.54, 1.807) is 6.92 Å². The standard InChI is InChI=1S/C25H36N2O6/c1-15(28)25(32)11-8-20-18-5-4-16-12-17(27-33-14-21(29)26-13-22(30)31)6-9-23(16,2)19(18)7-10-24(20,25)3/h12,18-20,32H,4-11,13-14H2,1-3H3,(H,26,29)(H,30,31)/b27-17-/t18-,19+,20+,23+,24+,25-/m1/s1. The molecule has 6 atom stereocenters. The number of allylic oxidation sites excluding steroid dienone is 2. The summed E-state index contributed by atoms with van der Waals surface area (Å²) in [7, 11) is 0. The molecular formula is C25H36N2O6. The van der Waals surface area contributed by atoms with Crippen LogP contribution in [0.25, 0.3) is 0 Å². The first kappa shape index (κ1) is 23.9. The first-order valence-electron chi connectivity index (χ1n) is 12.1. The Hall–Kier alpha value is -2.22. The molecule has 0 heterocycles. The van der Waals surface area contributed by atoms with Crippen molar-refractivity contribution in [2.45, 2.75) is 77.7 Å². The molecule has 8 heteroatoms. The molecule has 4 aliphatic rings. The number of Topliss-reactive ketones (excluding diaryl/α,β-unsaturated/α-hetero) is 1. The molecule has 182 valence electrons. The van der Waals surface area contributed by atoms with Gasteiger partial charge in [-0.3, -0.25) is 14.4 Å². The fourth-order valence-electron chi connectivity index (χ4n) is 7.64. The molecule has 0 unspecified atom stereocenters. The predicted octanol–water partition coefficient (Wildman–Crippen LogP) is 2.84. The first-order chi connectivity index (χ1) is 15.5. The number of carboxylic acid groups (broad SMARTS) is 1. The van der Waals surface area contributed by atoms with E-state index in [0.717, 1.165) is 50.7 Å². The zero-order chi connectivity index (χ0) is 24.0. The van der Waals surface area contributed by atoms with Crippen LogP contribution in [-0.4, -0.2) is 52.3 Å². The maximum atomic E-state index is 12.4. The van der Waals surface area contributed by atoms with Crippen LogP contribution in [0.3, 0.4) is 0 Å². The summed E-state index contributed by atoms with van der Waals surface area (Å²) in [5.41, 5.74) is 0.781. The second-order valence-electron chi connectivity index (χ2n) is 10.9. The summed E-state index contributed by atoms with van der Waals surface area (Å²) >= 11 is 0. The SMILES string of the molecule is CC(=O)[C@]1(O)CC[C@H]2[C@@H]3CCC4=C/C(=N\OCC(=O)NCC(=O)O)CC[C@]4(C)[C@H]3CC[C@@]21C. The third-order valence-electron chi connectivity index (χ3n) is 9.53. The predicted molar refractivity (Wildman–Crippen MR) is 121 cm³/mol. The molecule has 3 saturated carbocycles. The second-order valence-corrected chi connectivity index (χ2v) is 10.9. The van der Waals surface area contributed by atoms with Crippen molar-refractivity contribution in [1.82, 2.24) is 5.32 Å². The normalized spacial score (nSPS) is 40.8. The van der Waals surface area contributed by atoms with Gasteiger partial charge in [-0.2, -0.15) is 0 Å². The minimum Gasteiger partial charge on any atom is -0.480 e. The Bertz CT molecular complexity index is 913. The number of aliphatic carboxylic acids is 1. The van der Waals surface area contributed by atoms with Crippen molar-refractivity contribution >= 4 is 23.4 Å². The van der Waals surface area contributed by atoms with Crippen LogP contribution in [-0.2, 0) is 19.2 Å². The monoisotopic (exact) mass is 460 g/mol. The molecule has 0 aromatic rings. The second kappa shape index (κ2) is 8.53. The van der Waals surface area contributed by atoms with Gasteiger partial charge in [0, 0.05) is 5.41 Å². The van der Waals surface area contributed by atoms with Crippen molar-refractivity contribution in [1.29, 1.82) is 0 Å². The Morgan fingerprint density at radius 1 is 1.12 bits per heavy atom. The zero-order valence-corrected chi connectivity index (χ0v) is 19.9. The van der Waals surface area contributed by atoms with Crippen LogP contribution in [0, 0.1) is 28.6 Å². The number of fused-ring (bicyclic) bond motifs is 5. The molecule has 0 aliphatic heterocycles. The number of amides is 1. The zero-order valence-electron chi connectivity index (χ0n) is 19.9. The van der Waals surface area contributed by atoms with Gasteiger partial charge in [0.25, 0.3) is 5.91 Å². The highest BCUT2D eigenvalue weighted by molar-refractivity contribution is 5.96. The molecule has 0 radical (unpaired) electrons. The maximum absolute atomic E-state index is 12.4. The smallest absolute Gasteiger partial charge is 0.322 e. The number of oxime groups is 1.